The maximum absolute atomic E-state index is 13.6. The summed E-state index contributed by atoms with van der Waals surface area (Å²) in [6.07, 6.45) is -0.0663. The Hall–Kier alpha value is -3.52. The maximum Gasteiger partial charge on any atom is 0.200 e. The Morgan fingerprint density at radius 2 is 1.91 bits per heavy atom. The van der Waals surface area contributed by atoms with E-state index in [2.05, 4.69) is 6.92 Å². The summed E-state index contributed by atoms with van der Waals surface area (Å²) in [7, 11) is 0. The molecule has 1 aromatic heterocycles. The summed E-state index contributed by atoms with van der Waals surface area (Å²) in [6, 6.07) is 9.14. The van der Waals surface area contributed by atoms with Crippen molar-refractivity contribution < 1.29 is 28.5 Å². The molecule has 0 saturated carbocycles. The first-order valence-electron chi connectivity index (χ1n) is 11.5. The van der Waals surface area contributed by atoms with Crippen molar-refractivity contribution in [3.05, 3.63) is 57.4 Å². The molecule has 1 unspecified atom stereocenters. The van der Waals surface area contributed by atoms with E-state index in [4.69, 9.17) is 18.6 Å². The Morgan fingerprint density at radius 1 is 1.12 bits per heavy atom. The first-order chi connectivity index (χ1) is 16.5. The molecule has 5 rings (SSSR count). The minimum atomic E-state index is -1.21. The summed E-state index contributed by atoms with van der Waals surface area (Å²) in [5.41, 5.74) is 3.31. The van der Waals surface area contributed by atoms with Gasteiger partial charge in [-0.25, -0.2) is 0 Å². The number of carbonyl (C=O) groups is 1. The van der Waals surface area contributed by atoms with E-state index in [1.54, 1.807) is 6.92 Å². The number of carbonyl (C=O) groups excluding carboxylic acids is 1. The zero-order valence-corrected chi connectivity index (χ0v) is 19.2. The summed E-state index contributed by atoms with van der Waals surface area (Å²) in [6.45, 7) is 5.53. The minimum absolute atomic E-state index is 0.125. The molecule has 1 amide bonds. The van der Waals surface area contributed by atoms with Crippen LogP contribution in [0.3, 0.4) is 0 Å². The maximum atomic E-state index is 13.6. The van der Waals surface area contributed by atoms with Gasteiger partial charge < -0.3 is 33.4 Å². The average Bonchev–Trinajstić information content (AvgIpc) is 2.84. The topological polar surface area (TPSA) is 101 Å². The molecule has 1 fully saturated rings. The fourth-order valence-electron chi connectivity index (χ4n) is 4.73. The molecular formula is C26H26NO7-. The Bertz CT molecular complexity index is 1310. The molecule has 8 nitrogen and oxygen atoms in total. The molecule has 0 radical (unpaired) electrons. The summed E-state index contributed by atoms with van der Waals surface area (Å²) in [4.78, 5) is 26.3. The Balaban J connectivity index is 1.62. The second-order valence-corrected chi connectivity index (χ2v) is 8.59. The lowest BCUT2D eigenvalue weighted by Gasteiger charge is -2.35. The quantitative estimate of drug-likeness (QED) is 0.584. The van der Waals surface area contributed by atoms with Crippen molar-refractivity contribution in [3.8, 4) is 22.6 Å². The number of benzene rings is 2. The van der Waals surface area contributed by atoms with Crippen molar-refractivity contribution in [1.82, 2.24) is 4.90 Å². The van der Waals surface area contributed by atoms with E-state index in [1.807, 2.05) is 30.3 Å². The molecule has 178 valence electrons. The smallest absolute Gasteiger partial charge is 0.200 e. The summed E-state index contributed by atoms with van der Waals surface area (Å²) >= 11 is 0. The number of rotatable bonds is 4. The van der Waals surface area contributed by atoms with Crippen molar-refractivity contribution >= 4 is 17.1 Å². The van der Waals surface area contributed by atoms with E-state index in [-0.39, 0.29) is 25.1 Å². The highest BCUT2D eigenvalue weighted by Crippen LogP contribution is 2.36. The molecule has 0 spiro atoms. The van der Waals surface area contributed by atoms with Gasteiger partial charge in [0.15, 0.2) is 11.5 Å². The largest absolute Gasteiger partial charge is 0.530 e. The molecule has 0 bridgehead atoms. The normalized spacial score (nSPS) is 17.7. The monoisotopic (exact) mass is 464 g/mol. The number of ether oxygens (including phenoxy) is 3. The Kier molecular flexibility index (Phi) is 5.91. The molecule has 0 aliphatic carbocycles. The standard InChI is InChI=1S/C26H27NO7/c1-3-4-16-11-19-21(13-18(16)23-14-27(26(29)30)7-8-31-23)34-15(2)24(25(19)28)17-5-6-20-22(12-17)33-10-9-32-20/h5-6,11-13,23H,3-4,7-10,14H2,1-2H3,(H,29,30)/p-1. The van der Waals surface area contributed by atoms with Gasteiger partial charge in [-0.15, -0.1) is 0 Å². The fraction of sp³-hybridized carbons (Fsp3) is 0.385. The number of hydrogen-bond donors (Lipinski definition) is 0. The van der Waals surface area contributed by atoms with Crippen molar-refractivity contribution in [2.75, 3.05) is 32.9 Å². The van der Waals surface area contributed by atoms with Crippen LogP contribution in [0.15, 0.2) is 39.5 Å². The third kappa shape index (κ3) is 3.98. The van der Waals surface area contributed by atoms with Crippen LogP contribution in [-0.4, -0.2) is 43.9 Å². The number of amides is 1. The van der Waals surface area contributed by atoms with Crippen molar-refractivity contribution in [3.63, 3.8) is 0 Å². The van der Waals surface area contributed by atoms with Gasteiger partial charge in [-0.1, -0.05) is 19.4 Å². The van der Waals surface area contributed by atoms with Gasteiger partial charge in [0.1, 0.15) is 36.8 Å². The van der Waals surface area contributed by atoms with Crippen molar-refractivity contribution in [1.29, 1.82) is 0 Å². The van der Waals surface area contributed by atoms with E-state index in [0.29, 0.717) is 52.6 Å². The van der Waals surface area contributed by atoms with Crippen LogP contribution < -0.4 is 20.0 Å². The molecule has 0 N–H and O–H groups in total. The third-order valence-corrected chi connectivity index (χ3v) is 6.35. The first-order valence-corrected chi connectivity index (χ1v) is 11.5. The number of fused-ring (bicyclic) bond motifs is 2. The van der Waals surface area contributed by atoms with Crippen LogP contribution >= 0.6 is 0 Å². The van der Waals surface area contributed by atoms with E-state index >= 15 is 0 Å². The van der Waals surface area contributed by atoms with Gasteiger partial charge in [0.25, 0.3) is 0 Å². The first kappa shape index (κ1) is 22.3. The molecule has 3 aromatic rings. The van der Waals surface area contributed by atoms with Gasteiger partial charge in [0, 0.05) is 13.1 Å². The Labute approximate surface area is 196 Å². The number of morpholine rings is 1. The van der Waals surface area contributed by atoms with Gasteiger partial charge in [-0.2, -0.15) is 0 Å². The number of hydrogen-bond acceptors (Lipinski definition) is 7. The van der Waals surface area contributed by atoms with Crippen LogP contribution in [-0.2, 0) is 11.2 Å². The van der Waals surface area contributed by atoms with E-state index < -0.39 is 12.2 Å². The second-order valence-electron chi connectivity index (χ2n) is 8.59. The highest BCUT2D eigenvalue weighted by atomic mass is 16.6. The van der Waals surface area contributed by atoms with E-state index in [9.17, 15) is 14.7 Å². The number of carboxylic acid groups (broad SMARTS) is 1. The van der Waals surface area contributed by atoms with Crippen LogP contribution in [0.1, 0.15) is 36.3 Å². The predicted octanol–water partition coefficient (Wildman–Crippen LogP) is 3.21. The van der Waals surface area contributed by atoms with Crippen LogP contribution in [0.5, 0.6) is 11.5 Å². The van der Waals surface area contributed by atoms with Crippen LogP contribution in [0.2, 0.25) is 0 Å². The molecule has 1 saturated heterocycles. The molecular weight excluding hydrogens is 438 g/mol. The second kappa shape index (κ2) is 9.02. The lowest BCUT2D eigenvalue weighted by molar-refractivity contribution is -0.270. The Morgan fingerprint density at radius 3 is 2.68 bits per heavy atom. The summed E-state index contributed by atoms with van der Waals surface area (Å²) in [5, 5.41) is 11.9. The highest BCUT2D eigenvalue weighted by Gasteiger charge is 2.26. The SMILES string of the molecule is CCCc1cc2c(=O)c(-c3ccc4c(c3)OCCO4)c(C)oc2cc1C1CN(C(=O)[O-])CCO1. The summed E-state index contributed by atoms with van der Waals surface area (Å²) in [5.74, 6) is 1.76. The zero-order chi connectivity index (χ0) is 23.8. The van der Waals surface area contributed by atoms with Gasteiger partial charge >= 0.3 is 0 Å². The van der Waals surface area contributed by atoms with Crippen molar-refractivity contribution in [2.45, 2.75) is 32.8 Å². The van der Waals surface area contributed by atoms with Crippen LogP contribution in [0.25, 0.3) is 22.1 Å². The fourth-order valence-corrected chi connectivity index (χ4v) is 4.73. The molecule has 2 aliphatic heterocycles. The number of nitrogens with zero attached hydrogens (tertiary/aromatic N) is 1. The molecule has 34 heavy (non-hydrogen) atoms. The molecule has 2 aliphatic rings. The third-order valence-electron chi connectivity index (χ3n) is 6.35. The van der Waals surface area contributed by atoms with Gasteiger partial charge in [0.2, 0.25) is 5.43 Å². The minimum Gasteiger partial charge on any atom is -0.530 e. The lowest BCUT2D eigenvalue weighted by atomic mass is 9.94. The van der Waals surface area contributed by atoms with E-state index in [1.165, 1.54) is 4.90 Å². The molecule has 1 atom stereocenters. The summed E-state index contributed by atoms with van der Waals surface area (Å²) < 4.78 is 23.3. The highest BCUT2D eigenvalue weighted by molar-refractivity contribution is 5.84. The van der Waals surface area contributed by atoms with Crippen LogP contribution in [0.4, 0.5) is 4.79 Å². The van der Waals surface area contributed by atoms with Crippen molar-refractivity contribution in [2.24, 2.45) is 0 Å². The van der Waals surface area contributed by atoms with Gasteiger partial charge in [0.05, 0.1) is 17.6 Å². The lowest BCUT2D eigenvalue weighted by Crippen LogP contribution is -2.48. The average molecular weight is 464 g/mol. The van der Waals surface area contributed by atoms with Crippen LogP contribution in [0, 0.1) is 6.92 Å². The molecule has 2 aromatic carbocycles. The van der Waals surface area contributed by atoms with E-state index in [0.717, 1.165) is 24.0 Å². The predicted molar refractivity (Wildman–Crippen MR) is 123 cm³/mol. The van der Waals surface area contributed by atoms with Gasteiger partial charge in [-0.05, 0) is 54.3 Å². The van der Waals surface area contributed by atoms with Gasteiger partial charge in [-0.3, -0.25) is 4.79 Å². The zero-order valence-electron chi connectivity index (χ0n) is 19.2. The molecule has 3 heterocycles. The molecule has 8 heteroatoms. The number of aryl methyl sites for hydroxylation is 2.